The smallest absolute Gasteiger partial charge is 0.410 e. The third kappa shape index (κ3) is 5.74. The zero-order valence-corrected chi connectivity index (χ0v) is 15.2. The van der Waals surface area contributed by atoms with Gasteiger partial charge in [0, 0.05) is 25.7 Å². The summed E-state index contributed by atoms with van der Waals surface area (Å²) in [4.78, 5) is 27.9. The van der Waals surface area contributed by atoms with Gasteiger partial charge in [0.1, 0.15) is 6.61 Å². The van der Waals surface area contributed by atoms with E-state index in [0.717, 1.165) is 18.4 Å². The monoisotopic (exact) mass is 347 g/mol. The van der Waals surface area contributed by atoms with Crippen LogP contribution in [-0.4, -0.2) is 54.0 Å². The molecule has 1 fully saturated rings. The SMILES string of the molecule is CC(C)N(CC1CCCN(C(=O)OCc2ccccc2)C1)C(=O)CN. The Morgan fingerprint density at radius 3 is 2.68 bits per heavy atom. The lowest BCUT2D eigenvalue weighted by atomic mass is 9.97. The van der Waals surface area contributed by atoms with Crippen molar-refractivity contribution in [2.75, 3.05) is 26.2 Å². The molecule has 1 aliphatic rings. The van der Waals surface area contributed by atoms with Crippen molar-refractivity contribution in [1.29, 1.82) is 0 Å². The number of benzene rings is 1. The molecule has 0 aliphatic carbocycles. The van der Waals surface area contributed by atoms with Gasteiger partial charge >= 0.3 is 6.09 Å². The molecule has 1 heterocycles. The number of nitrogens with zero attached hydrogens (tertiary/aromatic N) is 2. The van der Waals surface area contributed by atoms with E-state index in [1.807, 2.05) is 49.1 Å². The van der Waals surface area contributed by atoms with Gasteiger partial charge in [-0.15, -0.1) is 0 Å². The van der Waals surface area contributed by atoms with Gasteiger partial charge in [0.25, 0.3) is 0 Å². The zero-order chi connectivity index (χ0) is 18.2. The van der Waals surface area contributed by atoms with Crippen molar-refractivity contribution < 1.29 is 14.3 Å². The summed E-state index contributed by atoms with van der Waals surface area (Å²) in [5, 5.41) is 0. The molecule has 1 aromatic rings. The predicted molar refractivity (Wildman–Crippen MR) is 96.8 cm³/mol. The summed E-state index contributed by atoms with van der Waals surface area (Å²) < 4.78 is 5.42. The Bertz CT molecular complexity index is 562. The standard InChI is InChI=1S/C19H29N3O3/c1-15(2)22(18(23)11-20)13-17-9-6-10-21(12-17)19(24)25-14-16-7-4-3-5-8-16/h3-5,7-8,15,17H,6,9-14,20H2,1-2H3. The number of hydrogen-bond acceptors (Lipinski definition) is 4. The van der Waals surface area contributed by atoms with E-state index in [1.54, 1.807) is 4.90 Å². The van der Waals surface area contributed by atoms with E-state index >= 15 is 0 Å². The van der Waals surface area contributed by atoms with E-state index in [-0.39, 0.29) is 37.1 Å². The van der Waals surface area contributed by atoms with Gasteiger partial charge in [0.05, 0.1) is 6.54 Å². The number of hydrogen-bond donors (Lipinski definition) is 1. The number of amides is 2. The van der Waals surface area contributed by atoms with Crippen LogP contribution < -0.4 is 5.73 Å². The number of piperidine rings is 1. The molecule has 0 saturated carbocycles. The Morgan fingerprint density at radius 2 is 2.04 bits per heavy atom. The van der Waals surface area contributed by atoms with Crippen LogP contribution in [0.25, 0.3) is 0 Å². The second kappa shape index (κ2) is 9.42. The molecule has 2 rings (SSSR count). The van der Waals surface area contributed by atoms with E-state index in [0.29, 0.717) is 19.6 Å². The fourth-order valence-electron chi connectivity index (χ4n) is 3.19. The maximum atomic E-state index is 12.3. The van der Waals surface area contributed by atoms with Crippen LogP contribution in [0.5, 0.6) is 0 Å². The van der Waals surface area contributed by atoms with Gasteiger partial charge in [-0.3, -0.25) is 4.79 Å². The Hall–Kier alpha value is -2.08. The molecule has 25 heavy (non-hydrogen) atoms. The van der Waals surface area contributed by atoms with Gasteiger partial charge in [-0.05, 0) is 38.2 Å². The summed E-state index contributed by atoms with van der Waals surface area (Å²) in [6.45, 7) is 6.24. The predicted octanol–water partition coefficient (Wildman–Crippen LogP) is 2.23. The first-order chi connectivity index (χ1) is 12.0. The molecule has 1 saturated heterocycles. The maximum absolute atomic E-state index is 12.3. The van der Waals surface area contributed by atoms with Crippen LogP contribution in [0, 0.1) is 5.92 Å². The summed E-state index contributed by atoms with van der Waals surface area (Å²) >= 11 is 0. The molecule has 1 aliphatic heterocycles. The Morgan fingerprint density at radius 1 is 1.32 bits per heavy atom. The fourth-order valence-corrected chi connectivity index (χ4v) is 3.19. The van der Waals surface area contributed by atoms with Crippen LogP contribution in [0.15, 0.2) is 30.3 Å². The molecule has 0 spiro atoms. The summed E-state index contributed by atoms with van der Waals surface area (Å²) in [7, 11) is 0. The number of likely N-dealkylation sites (tertiary alicyclic amines) is 1. The largest absolute Gasteiger partial charge is 0.445 e. The van der Waals surface area contributed by atoms with Crippen LogP contribution in [0.1, 0.15) is 32.3 Å². The number of ether oxygens (including phenoxy) is 1. The van der Waals surface area contributed by atoms with Gasteiger partial charge in [-0.25, -0.2) is 4.79 Å². The molecule has 0 bridgehead atoms. The molecule has 2 amide bonds. The fraction of sp³-hybridized carbons (Fsp3) is 0.579. The average Bonchev–Trinajstić information content (AvgIpc) is 2.64. The highest BCUT2D eigenvalue weighted by Gasteiger charge is 2.28. The summed E-state index contributed by atoms with van der Waals surface area (Å²) in [5.74, 6) is 0.217. The lowest BCUT2D eigenvalue weighted by molar-refractivity contribution is -0.132. The van der Waals surface area contributed by atoms with Crippen molar-refractivity contribution in [2.45, 2.75) is 39.3 Å². The quantitative estimate of drug-likeness (QED) is 0.856. The van der Waals surface area contributed by atoms with Crippen LogP contribution in [0.3, 0.4) is 0 Å². The Kier molecular flexibility index (Phi) is 7.25. The molecule has 1 atom stereocenters. The van der Waals surface area contributed by atoms with E-state index in [4.69, 9.17) is 10.5 Å². The summed E-state index contributed by atoms with van der Waals surface area (Å²) in [5.41, 5.74) is 6.49. The first-order valence-electron chi connectivity index (χ1n) is 8.96. The molecule has 0 radical (unpaired) electrons. The van der Waals surface area contributed by atoms with Crippen molar-refractivity contribution in [2.24, 2.45) is 11.7 Å². The number of carbonyl (C=O) groups excluding carboxylic acids is 2. The molecule has 138 valence electrons. The molecule has 1 aromatic carbocycles. The van der Waals surface area contributed by atoms with Gasteiger partial charge < -0.3 is 20.3 Å². The van der Waals surface area contributed by atoms with Gasteiger partial charge in [-0.1, -0.05) is 30.3 Å². The first kappa shape index (κ1) is 19.2. The van der Waals surface area contributed by atoms with E-state index in [9.17, 15) is 9.59 Å². The van der Waals surface area contributed by atoms with Gasteiger partial charge in [0.2, 0.25) is 5.91 Å². The zero-order valence-electron chi connectivity index (χ0n) is 15.2. The highest BCUT2D eigenvalue weighted by molar-refractivity contribution is 5.78. The first-order valence-corrected chi connectivity index (χ1v) is 8.96. The van der Waals surface area contributed by atoms with Gasteiger partial charge in [0.15, 0.2) is 0 Å². The minimum atomic E-state index is -0.283. The number of nitrogens with two attached hydrogens (primary N) is 1. The number of rotatable bonds is 6. The van der Waals surface area contributed by atoms with Crippen LogP contribution in [-0.2, 0) is 16.1 Å². The van der Waals surface area contributed by atoms with Crippen molar-refractivity contribution in [1.82, 2.24) is 9.80 Å². The normalized spacial score (nSPS) is 17.4. The van der Waals surface area contributed by atoms with E-state index in [2.05, 4.69) is 0 Å². The highest BCUT2D eigenvalue weighted by atomic mass is 16.6. The van der Waals surface area contributed by atoms with Crippen molar-refractivity contribution in [3.8, 4) is 0 Å². The molecule has 6 nitrogen and oxygen atoms in total. The molecule has 2 N–H and O–H groups in total. The van der Waals surface area contributed by atoms with E-state index < -0.39 is 0 Å². The lowest BCUT2D eigenvalue weighted by Gasteiger charge is -2.36. The third-order valence-corrected chi connectivity index (χ3v) is 4.56. The van der Waals surface area contributed by atoms with Crippen LogP contribution in [0.2, 0.25) is 0 Å². The summed E-state index contributed by atoms with van der Waals surface area (Å²) in [6.07, 6.45) is 1.65. The topological polar surface area (TPSA) is 75.9 Å². The maximum Gasteiger partial charge on any atom is 0.410 e. The number of carbonyl (C=O) groups is 2. The second-order valence-electron chi connectivity index (χ2n) is 6.84. The molecular formula is C19H29N3O3. The molecular weight excluding hydrogens is 318 g/mol. The van der Waals surface area contributed by atoms with Crippen molar-refractivity contribution in [3.63, 3.8) is 0 Å². The lowest BCUT2D eigenvalue weighted by Crippen LogP contribution is -2.48. The molecule has 1 unspecified atom stereocenters. The summed E-state index contributed by atoms with van der Waals surface area (Å²) in [6, 6.07) is 9.76. The van der Waals surface area contributed by atoms with Crippen molar-refractivity contribution in [3.05, 3.63) is 35.9 Å². The van der Waals surface area contributed by atoms with Crippen molar-refractivity contribution >= 4 is 12.0 Å². The van der Waals surface area contributed by atoms with Gasteiger partial charge in [-0.2, -0.15) is 0 Å². The minimum Gasteiger partial charge on any atom is -0.445 e. The minimum absolute atomic E-state index is 0.0216. The Labute approximate surface area is 149 Å². The van der Waals surface area contributed by atoms with E-state index in [1.165, 1.54) is 0 Å². The van der Waals surface area contributed by atoms with Crippen LogP contribution in [0.4, 0.5) is 4.79 Å². The highest BCUT2D eigenvalue weighted by Crippen LogP contribution is 2.20. The average molecular weight is 347 g/mol. The Balaban J connectivity index is 1.86. The molecule has 6 heteroatoms. The third-order valence-electron chi connectivity index (χ3n) is 4.56. The second-order valence-corrected chi connectivity index (χ2v) is 6.84. The molecule has 0 aromatic heterocycles. The van der Waals surface area contributed by atoms with Crippen LogP contribution >= 0.6 is 0 Å².